The SMILES string of the molecule is CC(C)(C)c1cc(NC(=O)C2CC(c3ccc(Cl)s3)=NO2)n(-c2ccccn2)n1. The molecular formula is C20H20ClN5O2S. The summed E-state index contributed by atoms with van der Waals surface area (Å²) in [7, 11) is 0. The number of nitrogens with one attached hydrogen (secondary N) is 1. The molecule has 0 fully saturated rings. The zero-order chi connectivity index (χ0) is 20.6. The molecule has 4 heterocycles. The minimum absolute atomic E-state index is 0.182. The largest absolute Gasteiger partial charge is 0.382 e. The lowest BCUT2D eigenvalue weighted by molar-refractivity contribution is -0.125. The molecule has 4 rings (SSSR count). The van der Waals surface area contributed by atoms with Crippen molar-refractivity contribution < 1.29 is 9.63 Å². The number of carbonyl (C=O) groups is 1. The maximum Gasteiger partial charge on any atom is 0.269 e. The van der Waals surface area contributed by atoms with Crippen LogP contribution in [0.15, 0.2) is 47.8 Å². The number of hydrogen-bond acceptors (Lipinski definition) is 6. The predicted molar refractivity (Wildman–Crippen MR) is 114 cm³/mol. The number of amides is 1. The van der Waals surface area contributed by atoms with Crippen molar-refractivity contribution in [1.29, 1.82) is 0 Å². The third-order valence-electron chi connectivity index (χ3n) is 4.41. The standard InChI is InChI=1S/C20H20ClN5O2S/c1-20(2,3)15-11-18(26(24-15)17-6-4-5-9-22-17)23-19(27)13-10-12(25-28-13)14-7-8-16(21)29-14/h4-9,11,13H,10H2,1-3H3,(H,23,27). The van der Waals surface area contributed by atoms with Crippen LogP contribution in [0.3, 0.4) is 0 Å². The van der Waals surface area contributed by atoms with E-state index in [0.29, 0.717) is 22.4 Å². The molecule has 1 atom stereocenters. The summed E-state index contributed by atoms with van der Waals surface area (Å²) in [5.41, 5.74) is 1.38. The van der Waals surface area contributed by atoms with Crippen molar-refractivity contribution in [2.45, 2.75) is 38.7 Å². The Bertz CT molecular complexity index is 1070. The van der Waals surface area contributed by atoms with Crippen LogP contribution >= 0.6 is 22.9 Å². The summed E-state index contributed by atoms with van der Waals surface area (Å²) >= 11 is 7.40. The molecule has 0 aliphatic carbocycles. The lowest BCUT2D eigenvalue weighted by Gasteiger charge is -2.13. The van der Waals surface area contributed by atoms with Crippen LogP contribution < -0.4 is 5.32 Å². The van der Waals surface area contributed by atoms with Crippen molar-refractivity contribution in [1.82, 2.24) is 14.8 Å². The van der Waals surface area contributed by atoms with Crippen LogP contribution in [0.25, 0.3) is 5.82 Å². The number of oxime groups is 1. The second kappa shape index (κ2) is 7.61. The number of aromatic nitrogens is 3. The van der Waals surface area contributed by atoms with Gasteiger partial charge in [0.15, 0.2) is 5.82 Å². The molecule has 1 unspecified atom stereocenters. The van der Waals surface area contributed by atoms with Gasteiger partial charge in [-0.2, -0.15) is 9.78 Å². The monoisotopic (exact) mass is 429 g/mol. The van der Waals surface area contributed by atoms with Gasteiger partial charge in [0.1, 0.15) is 11.5 Å². The minimum atomic E-state index is -0.712. The summed E-state index contributed by atoms with van der Waals surface area (Å²) in [5, 5.41) is 11.6. The summed E-state index contributed by atoms with van der Waals surface area (Å²) in [6.45, 7) is 6.20. The first-order valence-corrected chi connectivity index (χ1v) is 10.3. The molecule has 150 valence electrons. The second-order valence-electron chi connectivity index (χ2n) is 7.69. The molecule has 7 nitrogen and oxygen atoms in total. The highest BCUT2D eigenvalue weighted by Crippen LogP contribution is 2.28. The van der Waals surface area contributed by atoms with E-state index in [2.05, 4.69) is 41.3 Å². The van der Waals surface area contributed by atoms with E-state index >= 15 is 0 Å². The smallest absolute Gasteiger partial charge is 0.269 e. The molecule has 3 aromatic heterocycles. The number of anilines is 1. The van der Waals surface area contributed by atoms with Crippen LogP contribution in [0.4, 0.5) is 5.82 Å². The van der Waals surface area contributed by atoms with Gasteiger partial charge in [0.25, 0.3) is 5.91 Å². The molecule has 0 saturated carbocycles. The van der Waals surface area contributed by atoms with Crippen molar-refractivity contribution >= 4 is 40.4 Å². The molecule has 1 N–H and O–H groups in total. The average Bonchev–Trinajstić information content (AvgIpc) is 3.40. The first kappa shape index (κ1) is 19.6. The van der Waals surface area contributed by atoms with E-state index in [0.717, 1.165) is 16.3 Å². The Morgan fingerprint density at radius 2 is 2.14 bits per heavy atom. The third-order valence-corrected chi connectivity index (χ3v) is 5.69. The Labute approximate surface area is 177 Å². The van der Waals surface area contributed by atoms with Crippen molar-refractivity contribution in [3.8, 4) is 5.82 Å². The van der Waals surface area contributed by atoms with E-state index in [4.69, 9.17) is 16.4 Å². The van der Waals surface area contributed by atoms with Gasteiger partial charge in [-0.05, 0) is 24.3 Å². The van der Waals surface area contributed by atoms with Gasteiger partial charge >= 0.3 is 0 Å². The van der Waals surface area contributed by atoms with E-state index in [1.807, 2.05) is 30.3 Å². The van der Waals surface area contributed by atoms with Gasteiger partial charge in [-0.15, -0.1) is 11.3 Å². The van der Waals surface area contributed by atoms with E-state index in [1.54, 1.807) is 16.9 Å². The number of rotatable bonds is 4. The maximum absolute atomic E-state index is 12.8. The zero-order valence-corrected chi connectivity index (χ0v) is 17.8. The summed E-state index contributed by atoms with van der Waals surface area (Å²) in [4.78, 5) is 23.5. The molecule has 0 radical (unpaired) electrons. The number of carbonyl (C=O) groups excluding carboxylic acids is 1. The average molecular weight is 430 g/mol. The van der Waals surface area contributed by atoms with Crippen LogP contribution in [0.5, 0.6) is 0 Å². The molecular weight excluding hydrogens is 410 g/mol. The molecule has 29 heavy (non-hydrogen) atoms. The number of nitrogens with zero attached hydrogens (tertiary/aromatic N) is 4. The third kappa shape index (κ3) is 4.18. The van der Waals surface area contributed by atoms with Crippen molar-refractivity contribution in [2.75, 3.05) is 5.32 Å². The number of halogens is 1. The molecule has 1 aliphatic rings. The van der Waals surface area contributed by atoms with Crippen LogP contribution in [0.1, 0.15) is 37.8 Å². The zero-order valence-electron chi connectivity index (χ0n) is 16.2. The molecule has 9 heteroatoms. The first-order chi connectivity index (χ1) is 13.8. The molecule has 0 saturated heterocycles. The van der Waals surface area contributed by atoms with Gasteiger partial charge < -0.3 is 10.2 Å². The Kier molecular flexibility index (Phi) is 5.14. The summed E-state index contributed by atoms with van der Waals surface area (Å²) < 4.78 is 2.30. The van der Waals surface area contributed by atoms with E-state index in [9.17, 15) is 4.79 Å². The van der Waals surface area contributed by atoms with Gasteiger partial charge in [-0.25, -0.2) is 4.98 Å². The molecule has 1 aliphatic heterocycles. The highest BCUT2D eigenvalue weighted by molar-refractivity contribution is 7.18. The number of pyridine rings is 1. The minimum Gasteiger partial charge on any atom is -0.382 e. The van der Waals surface area contributed by atoms with Gasteiger partial charge in [0, 0.05) is 24.1 Å². The number of thiophene rings is 1. The Morgan fingerprint density at radius 1 is 1.31 bits per heavy atom. The Balaban J connectivity index is 1.55. The quantitative estimate of drug-likeness (QED) is 0.665. The summed E-state index contributed by atoms with van der Waals surface area (Å²) in [6.07, 6.45) is 1.36. The van der Waals surface area contributed by atoms with E-state index < -0.39 is 6.10 Å². The fraction of sp³-hybridized carbons (Fsp3) is 0.300. The summed E-state index contributed by atoms with van der Waals surface area (Å²) in [6, 6.07) is 11.1. The fourth-order valence-electron chi connectivity index (χ4n) is 2.83. The topological polar surface area (TPSA) is 81.4 Å². The molecule has 0 aromatic carbocycles. The van der Waals surface area contributed by atoms with E-state index in [1.165, 1.54) is 11.3 Å². The summed E-state index contributed by atoms with van der Waals surface area (Å²) in [5.74, 6) is 0.870. The van der Waals surface area contributed by atoms with Gasteiger partial charge in [0.2, 0.25) is 6.10 Å². The lowest BCUT2D eigenvalue weighted by Crippen LogP contribution is -2.29. The maximum atomic E-state index is 12.8. The second-order valence-corrected chi connectivity index (χ2v) is 9.41. The van der Waals surface area contributed by atoms with Gasteiger partial charge in [0.05, 0.1) is 14.9 Å². The molecule has 0 spiro atoms. The Morgan fingerprint density at radius 3 is 2.79 bits per heavy atom. The fourth-order valence-corrected chi connectivity index (χ4v) is 3.86. The first-order valence-electron chi connectivity index (χ1n) is 9.12. The van der Waals surface area contributed by atoms with Crippen LogP contribution in [-0.2, 0) is 15.0 Å². The van der Waals surface area contributed by atoms with E-state index in [-0.39, 0.29) is 11.3 Å². The molecule has 3 aromatic rings. The highest BCUT2D eigenvalue weighted by Gasteiger charge is 2.31. The highest BCUT2D eigenvalue weighted by atomic mass is 35.5. The van der Waals surface area contributed by atoms with Crippen LogP contribution in [0.2, 0.25) is 4.34 Å². The van der Waals surface area contributed by atoms with Gasteiger partial charge in [-0.1, -0.05) is 43.6 Å². The molecule has 0 bridgehead atoms. The van der Waals surface area contributed by atoms with Gasteiger partial charge in [-0.3, -0.25) is 4.79 Å². The predicted octanol–water partition coefficient (Wildman–Crippen LogP) is 4.41. The lowest BCUT2D eigenvalue weighted by atomic mass is 9.92. The number of hydrogen-bond donors (Lipinski definition) is 1. The van der Waals surface area contributed by atoms with Crippen molar-refractivity contribution in [2.24, 2.45) is 5.16 Å². The van der Waals surface area contributed by atoms with Crippen molar-refractivity contribution in [3.05, 3.63) is 57.5 Å². The van der Waals surface area contributed by atoms with Crippen LogP contribution in [0, 0.1) is 0 Å². The van der Waals surface area contributed by atoms with Crippen LogP contribution in [-0.4, -0.2) is 32.5 Å². The Hall–Kier alpha value is -2.71. The normalized spacial score (nSPS) is 16.4. The van der Waals surface area contributed by atoms with Crippen molar-refractivity contribution in [3.63, 3.8) is 0 Å². The molecule has 1 amide bonds.